The monoisotopic (exact) mass is 284 g/mol. The summed E-state index contributed by atoms with van der Waals surface area (Å²) in [6, 6.07) is 15.6. The van der Waals surface area contributed by atoms with E-state index in [9.17, 15) is 4.39 Å². The quantitative estimate of drug-likeness (QED) is 0.803. The van der Waals surface area contributed by atoms with E-state index in [4.69, 9.17) is 0 Å². The topological polar surface area (TPSA) is 24.9 Å². The Morgan fingerprint density at radius 3 is 2.43 bits per heavy atom. The summed E-state index contributed by atoms with van der Waals surface area (Å²) in [4.78, 5) is 3.96. The zero-order chi connectivity index (χ0) is 14.5. The molecule has 1 heterocycles. The normalized spacial score (nSPS) is 17.4. The first-order valence-electron chi connectivity index (χ1n) is 7.77. The molecule has 1 atom stereocenters. The third-order valence-electron chi connectivity index (χ3n) is 4.30. The van der Waals surface area contributed by atoms with Crippen LogP contribution < -0.4 is 5.32 Å². The molecule has 0 amide bonds. The van der Waals surface area contributed by atoms with Gasteiger partial charge >= 0.3 is 0 Å². The van der Waals surface area contributed by atoms with E-state index in [0.29, 0.717) is 11.7 Å². The molecule has 2 aromatic rings. The van der Waals surface area contributed by atoms with Crippen molar-refractivity contribution in [2.24, 2.45) is 5.92 Å². The minimum absolute atomic E-state index is 0.209. The lowest BCUT2D eigenvalue weighted by Crippen LogP contribution is -2.23. The summed E-state index contributed by atoms with van der Waals surface area (Å²) in [5.74, 6) is 0.774. The molecule has 0 spiro atoms. The van der Waals surface area contributed by atoms with E-state index in [1.54, 1.807) is 6.07 Å². The Hall–Kier alpha value is -1.90. The number of anilines is 1. The predicted octanol–water partition coefficient (Wildman–Crippen LogP) is 4.95. The van der Waals surface area contributed by atoms with Crippen LogP contribution in [0.25, 0.3) is 0 Å². The number of pyridine rings is 1. The Morgan fingerprint density at radius 1 is 0.952 bits per heavy atom. The highest BCUT2D eigenvalue weighted by Crippen LogP contribution is 2.36. The number of halogens is 1. The van der Waals surface area contributed by atoms with E-state index in [0.717, 1.165) is 0 Å². The van der Waals surface area contributed by atoms with Crippen molar-refractivity contribution in [1.29, 1.82) is 0 Å². The zero-order valence-electron chi connectivity index (χ0n) is 12.1. The zero-order valence-corrected chi connectivity index (χ0v) is 12.1. The average Bonchev–Trinajstić information content (AvgIpc) is 2.54. The third-order valence-corrected chi connectivity index (χ3v) is 4.30. The summed E-state index contributed by atoms with van der Waals surface area (Å²) in [5, 5.41) is 3.45. The van der Waals surface area contributed by atoms with Gasteiger partial charge in [-0.25, -0.2) is 4.98 Å². The van der Waals surface area contributed by atoms with Gasteiger partial charge in [-0.1, -0.05) is 55.7 Å². The molecule has 1 aromatic heterocycles. The second-order valence-electron chi connectivity index (χ2n) is 5.78. The molecule has 21 heavy (non-hydrogen) atoms. The van der Waals surface area contributed by atoms with Gasteiger partial charge in [-0.3, -0.25) is 0 Å². The van der Waals surface area contributed by atoms with E-state index in [1.165, 1.54) is 43.7 Å². The van der Waals surface area contributed by atoms with Gasteiger partial charge in [0.05, 0.1) is 6.04 Å². The molecule has 0 bridgehead atoms. The van der Waals surface area contributed by atoms with Gasteiger partial charge in [0.25, 0.3) is 0 Å². The van der Waals surface area contributed by atoms with E-state index in [2.05, 4.69) is 34.6 Å². The molecule has 1 aromatic carbocycles. The van der Waals surface area contributed by atoms with Crippen molar-refractivity contribution in [2.45, 2.75) is 38.1 Å². The van der Waals surface area contributed by atoms with Gasteiger partial charge in [0.1, 0.15) is 5.82 Å². The number of nitrogens with one attached hydrogen (secondary N) is 1. The minimum atomic E-state index is -0.435. The highest BCUT2D eigenvalue weighted by atomic mass is 19.1. The van der Waals surface area contributed by atoms with Gasteiger partial charge in [0.15, 0.2) is 0 Å². The second kappa shape index (κ2) is 6.70. The maximum atomic E-state index is 13.3. The lowest BCUT2D eigenvalue weighted by molar-refractivity contribution is 0.320. The smallest absolute Gasteiger partial charge is 0.214 e. The highest BCUT2D eigenvalue weighted by Gasteiger charge is 2.25. The van der Waals surface area contributed by atoms with Crippen LogP contribution in [0.2, 0.25) is 0 Å². The van der Waals surface area contributed by atoms with E-state index >= 15 is 0 Å². The third kappa shape index (κ3) is 3.60. The summed E-state index contributed by atoms with van der Waals surface area (Å²) in [6.45, 7) is 0. The first-order chi connectivity index (χ1) is 10.3. The number of nitrogens with zero attached hydrogens (tertiary/aromatic N) is 1. The van der Waals surface area contributed by atoms with Crippen LogP contribution in [0.5, 0.6) is 0 Å². The minimum Gasteiger partial charge on any atom is -0.363 e. The Morgan fingerprint density at radius 2 is 1.71 bits per heavy atom. The molecule has 1 unspecified atom stereocenters. The maximum absolute atomic E-state index is 13.3. The molecule has 0 aliphatic heterocycles. The molecule has 1 aliphatic rings. The van der Waals surface area contributed by atoms with Crippen molar-refractivity contribution in [2.75, 3.05) is 5.32 Å². The number of hydrogen-bond donors (Lipinski definition) is 1. The van der Waals surface area contributed by atoms with Gasteiger partial charge in [0.2, 0.25) is 5.95 Å². The molecule has 3 rings (SSSR count). The fourth-order valence-electron chi connectivity index (χ4n) is 3.25. The van der Waals surface area contributed by atoms with Crippen LogP contribution in [0.1, 0.15) is 43.7 Å². The predicted molar refractivity (Wildman–Crippen MR) is 83.6 cm³/mol. The molecule has 2 nitrogen and oxygen atoms in total. The molecule has 110 valence electrons. The van der Waals surface area contributed by atoms with Crippen molar-refractivity contribution in [3.63, 3.8) is 0 Å². The van der Waals surface area contributed by atoms with E-state index in [1.807, 2.05) is 12.1 Å². The molecule has 0 radical (unpaired) electrons. The van der Waals surface area contributed by atoms with Crippen LogP contribution >= 0.6 is 0 Å². The number of aromatic nitrogens is 1. The lowest BCUT2D eigenvalue weighted by Gasteiger charge is -2.31. The van der Waals surface area contributed by atoms with Gasteiger partial charge in [-0.15, -0.1) is 0 Å². The summed E-state index contributed by atoms with van der Waals surface area (Å²) in [7, 11) is 0. The van der Waals surface area contributed by atoms with Gasteiger partial charge in [-0.05, 0) is 36.5 Å². The SMILES string of the molecule is Fc1cccc(NC(c2ccccc2)C2CCCCC2)n1. The summed E-state index contributed by atoms with van der Waals surface area (Å²) in [6.07, 6.45) is 6.35. The molecular formula is C18H21FN2. The summed E-state index contributed by atoms with van der Waals surface area (Å²) in [5.41, 5.74) is 1.26. The molecule has 1 N–H and O–H groups in total. The molecule has 1 saturated carbocycles. The molecule has 3 heteroatoms. The van der Waals surface area contributed by atoms with E-state index < -0.39 is 5.95 Å². The van der Waals surface area contributed by atoms with Crippen molar-refractivity contribution in [1.82, 2.24) is 4.98 Å². The fraction of sp³-hybridized carbons (Fsp3) is 0.389. The fourth-order valence-corrected chi connectivity index (χ4v) is 3.25. The Balaban J connectivity index is 1.85. The Kier molecular flexibility index (Phi) is 4.49. The average molecular weight is 284 g/mol. The van der Waals surface area contributed by atoms with Crippen LogP contribution in [-0.2, 0) is 0 Å². The standard InChI is InChI=1S/C18H21FN2/c19-16-12-7-13-17(20-16)21-18(14-8-3-1-4-9-14)15-10-5-2-6-11-15/h1,3-4,7-9,12-13,15,18H,2,5-6,10-11H2,(H,20,21). The molecular weight excluding hydrogens is 263 g/mol. The number of benzene rings is 1. The van der Waals surface area contributed by atoms with Crippen molar-refractivity contribution in [3.05, 3.63) is 60.0 Å². The van der Waals surface area contributed by atoms with Crippen molar-refractivity contribution in [3.8, 4) is 0 Å². The molecule has 1 aliphatic carbocycles. The summed E-state index contributed by atoms with van der Waals surface area (Å²) < 4.78 is 13.3. The first-order valence-corrected chi connectivity index (χ1v) is 7.77. The Bertz CT molecular complexity index is 564. The highest BCUT2D eigenvalue weighted by molar-refractivity contribution is 5.38. The Labute approximate surface area is 125 Å². The largest absolute Gasteiger partial charge is 0.363 e. The maximum Gasteiger partial charge on any atom is 0.214 e. The molecule has 0 saturated heterocycles. The lowest BCUT2D eigenvalue weighted by atomic mass is 9.81. The summed E-state index contributed by atoms with van der Waals surface area (Å²) >= 11 is 0. The van der Waals surface area contributed by atoms with Crippen LogP contribution in [0.15, 0.2) is 48.5 Å². The first kappa shape index (κ1) is 14.1. The van der Waals surface area contributed by atoms with Crippen LogP contribution in [0.4, 0.5) is 10.2 Å². The van der Waals surface area contributed by atoms with Crippen molar-refractivity contribution >= 4 is 5.82 Å². The number of rotatable bonds is 4. The van der Waals surface area contributed by atoms with Crippen molar-refractivity contribution < 1.29 is 4.39 Å². The van der Waals surface area contributed by atoms with E-state index in [-0.39, 0.29) is 6.04 Å². The van der Waals surface area contributed by atoms with Gasteiger partial charge in [0, 0.05) is 0 Å². The van der Waals surface area contributed by atoms with Crippen LogP contribution in [0.3, 0.4) is 0 Å². The van der Waals surface area contributed by atoms with Crippen LogP contribution in [0, 0.1) is 11.9 Å². The number of hydrogen-bond acceptors (Lipinski definition) is 2. The van der Waals surface area contributed by atoms with Crippen LogP contribution in [-0.4, -0.2) is 4.98 Å². The molecule has 1 fully saturated rings. The van der Waals surface area contributed by atoms with Gasteiger partial charge in [-0.2, -0.15) is 4.39 Å². The van der Waals surface area contributed by atoms with Gasteiger partial charge < -0.3 is 5.32 Å². The second-order valence-corrected chi connectivity index (χ2v) is 5.78.